The van der Waals surface area contributed by atoms with Crippen LogP contribution in [0.15, 0.2) is 0 Å². The van der Waals surface area contributed by atoms with Crippen LogP contribution in [0.25, 0.3) is 0 Å². The number of nitrogens with zero attached hydrogens (tertiary/aromatic N) is 1. The summed E-state index contributed by atoms with van der Waals surface area (Å²) >= 11 is 0. The molecule has 0 spiro atoms. The highest BCUT2D eigenvalue weighted by molar-refractivity contribution is 4.76. The van der Waals surface area contributed by atoms with Crippen LogP contribution in [-0.4, -0.2) is 24.8 Å². The van der Waals surface area contributed by atoms with Crippen molar-refractivity contribution in [1.82, 2.24) is 0 Å². The number of hydrogen-bond acceptors (Lipinski definition) is 1. The fraction of sp³-hybridized carbons (Fsp3) is 1.00. The van der Waals surface area contributed by atoms with Crippen LogP contribution in [0.1, 0.15) is 33.6 Å². The summed E-state index contributed by atoms with van der Waals surface area (Å²) in [6, 6.07) is 0. The lowest BCUT2D eigenvalue weighted by atomic mass is 9.75. The summed E-state index contributed by atoms with van der Waals surface area (Å²) in [6.45, 7) is 8.44. The molecule has 12 heavy (non-hydrogen) atoms. The second kappa shape index (κ2) is 3.00. The molecule has 0 saturated carbocycles. The standard InChI is InChI=1S/C10H21NO/c1-10(2,3)9-5-7-11(4,12)8-6-9/h9H,5-8H2,1-4H3. The fourth-order valence-electron chi connectivity index (χ4n) is 1.98. The average molecular weight is 171 g/mol. The van der Waals surface area contributed by atoms with E-state index >= 15 is 0 Å². The Morgan fingerprint density at radius 2 is 1.58 bits per heavy atom. The lowest BCUT2D eigenvalue weighted by Crippen LogP contribution is -2.46. The maximum Gasteiger partial charge on any atom is 0.0784 e. The molecule has 0 N–H and O–H groups in total. The van der Waals surface area contributed by atoms with Crippen LogP contribution in [0.4, 0.5) is 0 Å². The molecular weight excluding hydrogens is 150 g/mol. The molecule has 1 saturated heterocycles. The predicted molar refractivity (Wildman–Crippen MR) is 51.5 cm³/mol. The molecule has 72 valence electrons. The zero-order valence-electron chi connectivity index (χ0n) is 8.76. The van der Waals surface area contributed by atoms with Gasteiger partial charge in [-0.15, -0.1) is 0 Å². The van der Waals surface area contributed by atoms with Crippen LogP contribution in [-0.2, 0) is 0 Å². The summed E-state index contributed by atoms with van der Waals surface area (Å²) in [5.41, 5.74) is 0.389. The van der Waals surface area contributed by atoms with Crippen molar-refractivity contribution in [3.05, 3.63) is 5.21 Å². The van der Waals surface area contributed by atoms with Crippen molar-refractivity contribution in [2.75, 3.05) is 20.1 Å². The van der Waals surface area contributed by atoms with Gasteiger partial charge in [-0.25, -0.2) is 0 Å². The maximum atomic E-state index is 11.5. The third kappa shape index (κ3) is 2.46. The Hall–Kier alpha value is -0.0800. The Kier molecular flexibility index (Phi) is 2.50. The summed E-state index contributed by atoms with van der Waals surface area (Å²) in [4.78, 5) is 0. The number of hydrogen-bond donors (Lipinski definition) is 0. The Morgan fingerprint density at radius 1 is 1.17 bits per heavy atom. The molecule has 0 amide bonds. The van der Waals surface area contributed by atoms with Crippen LogP contribution >= 0.6 is 0 Å². The number of piperidine rings is 1. The van der Waals surface area contributed by atoms with E-state index in [1.54, 1.807) is 7.05 Å². The minimum atomic E-state index is -0.0212. The third-order valence-corrected chi connectivity index (χ3v) is 3.13. The first-order valence-corrected chi connectivity index (χ1v) is 4.87. The van der Waals surface area contributed by atoms with Gasteiger partial charge in [0.25, 0.3) is 0 Å². The molecule has 1 heterocycles. The molecule has 0 bridgehead atoms. The second-order valence-electron chi connectivity index (χ2n) is 5.38. The lowest BCUT2D eigenvalue weighted by molar-refractivity contribution is -0.867. The molecule has 0 unspecified atom stereocenters. The van der Waals surface area contributed by atoms with Crippen molar-refractivity contribution in [3.63, 3.8) is 0 Å². The highest BCUT2D eigenvalue weighted by Gasteiger charge is 2.31. The van der Waals surface area contributed by atoms with Crippen molar-refractivity contribution < 1.29 is 4.65 Å². The highest BCUT2D eigenvalue weighted by Crippen LogP contribution is 2.35. The molecule has 1 rings (SSSR count). The molecule has 1 aliphatic rings. The van der Waals surface area contributed by atoms with Crippen LogP contribution < -0.4 is 0 Å². The Balaban J connectivity index is 2.47. The van der Waals surface area contributed by atoms with Crippen molar-refractivity contribution in [2.24, 2.45) is 11.3 Å². The molecule has 2 heteroatoms. The molecule has 0 aromatic heterocycles. The molecule has 0 radical (unpaired) electrons. The van der Waals surface area contributed by atoms with Gasteiger partial charge in [0.05, 0.1) is 20.1 Å². The first-order valence-electron chi connectivity index (χ1n) is 4.87. The quantitative estimate of drug-likeness (QED) is 0.405. The minimum absolute atomic E-state index is 0.0212. The summed E-state index contributed by atoms with van der Waals surface area (Å²) in [5, 5.41) is 11.5. The van der Waals surface area contributed by atoms with Gasteiger partial charge >= 0.3 is 0 Å². The topological polar surface area (TPSA) is 23.1 Å². The van der Waals surface area contributed by atoms with Crippen molar-refractivity contribution in [2.45, 2.75) is 33.6 Å². The molecule has 0 atom stereocenters. The molecule has 0 aromatic carbocycles. The zero-order chi connectivity index (χ0) is 9.41. The lowest BCUT2D eigenvalue weighted by Gasteiger charge is -2.46. The Labute approximate surface area is 75.7 Å². The van der Waals surface area contributed by atoms with Gasteiger partial charge in [0.2, 0.25) is 0 Å². The van der Waals surface area contributed by atoms with Gasteiger partial charge in [-0.1, -0.05) is 20.8 Å². The molecule has 0 aromatic rings. The summed E-state index contributed by atoms with van der Waals surface area (Å²) < 4.78 is -0.0212. The van der Waals surface area contributed by atoms with E-state index in [1.165, 1.54) is 0 Å². The smallest absolute Gasteiger partial charge is 0.0784 e. The monoisotopic (exact) mass is 171 g/mol. The predicted octanol–water partition coefficient (Wildman–Crippen LogP) is 2.39. The second-order valence-corrected chi connectivity index (χ2v) is 5.38. The van der Waals surface area contributed by atoms with Gasteiger partial charge in [0.15, 0.2) is 0 Å². The molecule has 0 aliphatic carbocycles. The largest absolute Gasteiger partial charge is 0.633 e. The number of quaternary nitrogens is 1. The van der Waals surface area contributed by atoms with E-state index in [0.717, 1.165) is 31.8 Å². The van der Waals surface area contributed by atoms with Crippen LogP contribution in [0.5, 0.6) is 0 Å². The summed E-state index contributed by atoms with van der Waals surface area (Å²) in [7, 11) is 1.79. The summed E-state index contributed by atoms with van der Waals surface area (Å²) in [5.74, 6) is 0.748. The van der Waals surface area contributed by atoms with E-state index < -0.39 is 0 Å². The van der Waals surface area contributed by atoms with Gasteiger partial charge in [-0.2, -0.15) is 0 Å². The van der Waals surface area contributed by atoms with E-state index in [0.29, 0.717) is 5.41 Å². The minimum Gasteiger partial charge on any atom is -0.633 e. The highest BCUT2D eigenvalue weighted by atomic mass is 16.5. The van der Waals surface area contributed by atoms with Crippen molar-refractivity contribution in [1.29, 1.82) is 0 Å². The molecule has 1 fully saturated rings. The van der Waals surface area contributed by atoms with Crippen LogP contribution in [0.2, 0.25) is 0 Å². The molecular formula is C10H21NO. The third-order valence-electron chi connectivity index (χ3n) is 3.13. The van der Waals surface area contributed by atoms with Gasteiger partial charge in [0, 0.05) is 12.8 Å². The van der Waals surface area contributed by atoms with Gasteiger partial charge in [-0.05, 0) is 11.3 Å². The summed E-state index contributed by atoms with van der Waals surface area (Å²) in [6.07, 6.45) is 2.20. The first kappa shape index (κ1) is 10.0. The Bertz CT molecular complexity index is 148. The molecule has 2 nitrogen and oxygen atoms in total. The number of likely N-dealkylation sites (tertiary alicyclic amines) is 1. The average Bonchev–Trinajstić information content (AvgIpc) is 1.83. The number of rotatable bonds is 0. The van der Waals surface area contributed by atoms with Crippen molar-refractivity contribution >= 4 is 0 Å². The van der Waals surface area contributed by atoms with Gasteiger partial charge in [0.1, 0.15) is 0 Å². The zero-order valence-corrected chi connectivity index (χ0v) is 8.76. The molecule has 1 aliphatic heterocycles. The normalized spacial score (nSPS) is 38.2. The van der Waals surface area contributed by atoms with Crippen LogP contribution in [0.3, 0.4) is 0 Å². The van der Waals surface area contributed by atoms with E-state index in [4.69, 9.17) is 0 Å². The first-order chi connectivity index (χ1) is 5.31. The maximum absolute atomic E-state index is 11.5. The van der Waals surface area contributed by atoms with E-state index in [1.807, 2.05) is 0 Å². The fourth-order valence-corrected chi connectivity index (χ4v) is 1.98. The Morgan fingerprint density at radius 3 is 1.92 bits per heavy atom. The van der Waals surface area contributed by atoms with E-state index in [2.05, 4.69) is 20.8 Å². The van der Waals surface area contributed by atoms with Crippen LogP contribution in [0, 0.1) is 16.5 Å². The van der Waals surface area contributed by atoms with Gasteiger partial charge in [-0.3, -0.25) is 0 Å². The van der Waals surface area contributed by atoms with Crippen molar-refractivity contribution in [3.8, 4) is 0 Å². The number of hydroxylamine groups is 3. The van der Waals surface area contributed by atoms with E-state index in [9.17, 15) is 5.21 Å². The SMILES string of the molecule is CC(C)(C)C1CC[N+](C)([O-])CC1. The van der Waals surface area contributed by atoms with Gasteiger partial charge < -0.3 is 9.85 Å². The van der Waals surface area contributed by atoms with E-state index in [-0.39, 0.29) is 4.65 Å².